The van der Waals surface area contributed by atoms with Gasteiger partial charge < -0.3 is 24.7 Å². The minimum absolute atomic E-state index is 0.114. The molecular formula is C27H25N3O4. The topological polar surface area (TPSA) is 83.7 Å². The quantitative estimate of drug-likeness (QED) is 0.456. The van der Waals surface area contributed by atoms with Crippen molar-refractivity contribution in [3.8, 4) is 11.5 Å². The molecule has 7 nitrogen and oxygen atoms in total. The Labute approximate surface area is 197 Å². The number of nitrogens with zero attached hydrogens (tertiary/aromatic N) is 1. The largest absolute Gasteiger partial charge is 0.497 e. The van der Waals surface area contributed by atoms with Gasteiger partial charge >= 0.3 is 0 Å². The monoisotopic (exact) mass is 455 g/mol. The Morgan fingerprint density at radius 2 is 1.74 bits per heavy atom. The van der Waals surface area contributed by atoms with Crippen molar-refractivity contribution in [1.29, 1.82) is 0 Å². The fourth-order valence-corrected chi connectivity index (χ4v) is 4.80. The number of carbonyl (C=O) groups excluding carboxylic acids is 2. The number of rotatable bonds is 5. The first-order chi connectivity index (χ1) is 16.5. The minimum atomic E-state index is -0.634. The maximum atomic E-state index is 13.9. The minimum Gasteiger partial charge on any atom is -0.497 e. The van der Waals surface area contributed by atoms with E-state index in [9.17, 15) is 9.59 Å². The average Bonchev–Trinajstić information content (AvgIpc) is 3.30. The molecule has 5 rings (SSSR count). The molecule has 1 aliphatic heterocycles. The molecule has 1 aliphatic rings. The Bertz CT molecular complexity index is 1390. The zero-order valence-corrected chi connectivity index (χ0v) is 19.2. The van der Waals surface area contributed by atoms with Crippen LogP contribution in [0.3, 0.4) is 0 Å². The molecule has 2 atom stereocenters. The number of aromatic nitrogens is 1. The second-order valence-electron chi connectivity index (χ2n) is 8.27. The van der Waals surface area contributed by atoms with E-state index in [0.717, 1.165) is 16.5 Å². The van der Waals surface area contributed by atoms with Gasteiger partial charge in [-0.05, 0) is 29.8 Å². The second kappa shape index (κ2) is 8.59. The van der Waals surface area contributed by atoms with Gasteiger partial charge in [-0.1, -0.05) is 36.4 Å². The van der Waals surface area contributed by atoms with Gasteiger partial charge in [0, 0.05) is 41.3 Å². The van der Waals surface area contributed by atoms with Crippen LogP contribution < -0.4 is 14.8 Å². The van der Waals surface area contributed by atoms with Gasteiger partial charge in [-0.2, -0.15) is 0 Å². The highest BCUT2D eigenvalue weighted by atomic mass is 16.5. The van der Waals surface area contributed by atoms with Crippen molar-refractivity contribution < 1.29 is 19.1 Å². The second-order valence-corrected chi connectivity index (χ2v) is 8.27. The molecule has 3 aromatic carbocycles. The molecule has 4 aromatic rings. The summed E-state index contributed by atoms with van der Waals surface area (Å²) in [6, 6.07) is 19.9. The van der Waals surface area contributed by atoms with Crippen molar-refractivity contribution in [2.75, 3.05) is 26.6 Å². The zero-order chi connectivity index (χ0) is 23.8. The molecule has 0 saturated heterocycles. The van der Waals surface area contributed by atoms with Gasteiger partial charge in [0.2, 0.25) is 5.91 Å². The van der Waals surface area contributed by atoms with Gasteiger partial charge in [-0.3, -0.25) is 9.59 Å². The third-order valence-corrected chi connectivity index (χ3v) is 6.47. The number of benzene rings is 3. The summed E-state index contributed by atoms with van der Waals surface area (Å²) < 4.78 is 10.7. The fraction of sp³-hybridized carbons (Fsp3) is 0.185. The Kier molecular flexibility index (Phi) is 5.45. The lowest BCUT2D eigenvalue weighted by Gasteiger charge is -2.39. The van der Waals surface area contributed by atoms with Gasteiger partial charge in [0.15, 0.2) is 0 Å². The summed E-state index contributed by atoms with van der Waals surface area (Å²) in [6.07, 6.45) is 1.89. The lowest BCUT2D eigenvalue weighted by molar-refractivity contribution is -0.119. The SMILES string of the molecule is COc1ccc(NC(=O)[C@@H]2c3ccccc3C(=O)N(C)[C@H]2c2c[nH]c3ccccc23)c(OC)c1. The third-order valence-electron chi connectivity index (χ3n) is 6.47. The summed E-state index contributed by atoms with van der Waals surface area (Å²) in [5, 5.41) is 4.01. The van der Waals surface area contributed by atoms with Gasteiger partial charge in [-0.25, -0.2) is 0 Å². The van der Waals surface area contributed by atoms with Crippen molar-refractivity contribution in [2.24, 2.45) is 0 Å². The van der Waals surface area contributed by atoms with Crippen molar-refractivity contribution in [1.82, 2.24) is 9.88 Å². The summed E-state index contributed by atoms with van der Waals surface area (Å²) in [6.45, 7) is 0. The number of ether oxygens (including phenoxy) is 2. The first kappa shape index (κ1) is 21.6. The van der Waals surface area contributed by atoms with Crippen LogP contribution in [0.5, 0.6) is 11.5 Å². The summed E-state index contributed by atoms with van der Waals surface area (Å²) in [7, 11) is 4.87. The highest BCUT2D eigenvalue weighted by Gasteiger charge is 2.43. The molecule has 0 saturated carbocycles. The molecule has 2 heterocycles. The van der Waals surface area contributed by atoms with Gasteiger partial charge in [-0.15, -0.1) is 0 Å². The smallest absolute Gasteiger partial charge is 0.254 e. The molecule has 0 radical (unpaired) electrons. The van der Waals surface area contributed by atoms with E-state index < -0.39 is 12.0 Å². The number of anilines is 1. The number of likely N-dealkylation sites (N-methyl/N-ethyl adjacent to an activating group) is 1. The number of methoxy groups -OCH3 is 2. The normalized spacial score (nSPS) is 17.4. The summed E-state index contributed by atoms with van der Waals surface area (Å²) in [5.74, 6) is 0.136. The van der Waals surface area contributed by atoms with Crippen LogP contribution in [0.25, 0.3) is 10.9 Å². The van der Waals surface area contributed by atoms with E-state index in [1.165, 1.54) is 0 Å². The Morgan fingerprint density at radius 1 is 0.971 bits per heavy atom. The van der Waals surface area contributed by atoms with E-state index in [2.05, 4.69) is 10.3 Å². The van der Waals surface area contributed by atoms with Crippen LogP contribution >= 0.6 is 0 Å². The van der Waals surface area contributed by atoms with Gasteiger partial charge in [0.05, 0.1) is 31.9 Å². The van der Waals surface area contributed by atoms with E-state index in [1.807, 2.05) is 48.7 Å². The standard InChI is InChI=1S/C27H25N3O4/c1-30-25(20-15-28-21-11-7-6-8-17(20)21)24(18-9-4-5-10-19(18)27(30)32)26(31)29-22-13-12-16(33-2)14-23(22)34-3/h4-15,24-25,28H,1-3H3,(H,29,31)/t24-,25+/m1/s1. The molecule has 1 aromatic heterocycles. The maximum Gasteiger partial charge on any atom is 0.254 e. The lowest BCUT2D eigenvalue weighted by Crippen LogP contribution is -2.44. The third kappa shape index (κ3) is 3.46. The maximum absolute atomic E-state index is 13.9. The number of carbonyl (C=O) groups is 2. The van der Waals surface area contributed by atoms with Crippen LogP contribution in [0, 0.1) is 0 Å². The number of fused-ring (bicyclic) bond motifs is 2. The fourth-order valence-electron chi connectivity index (χ4n) is 4.80. The van der Waals surface area contributed by atoms with Crippen molar-refractivity contribution in [3.63, 3.8) is 0 Å². The Balaban J connectivity index is 1.63. The van der Waals surface area contributed by atoms with Gasteiger partial charge in [0.25, 0.3) is 5.91 Å². The lowest BCUT2D eigenvalue weighted by atomic mass is 9.79. The molecule has 0 bridgehead atoms. The highest BCUT2D eigenvalue weighted by molar-refractivity contribution is 6.05. The first-order valence-corrected chi connectivity index (χ1v) is 11.0. The number of para-hydroxylation sites is 1. The van der Waals surface area contributed by atoms with Crippen molar-refractivity contribution in [3.05, 3.63) is 89.6 Å². The zero-order valence-electron chi connectivity index (χ0n) is 19.2. The van der Waals surface area contributed by atoms with Crippen LogP contribution in [0.2, 0.25) is 0 Å². The average molecular weight is 456 g/mol. The summed E-state index contributed by atoms with van der Waals surface area (Å²) in [4.78, 5) is 32.1. The predicted octanol–water partition coefficient (Wildman–Crippen LogP) is 4.73. The van der Waals surface area contributed by atoms with E-state index in [-0.39, 0.29) is 11.8 Å². The highest BCUT2D eigenvalue weighted by Crippen LogP contribution is 2.45. The van der Waals surface area contributed by atoms with Crippen molar-refractivity contribution >= 4 is 28.4 Å². The summed E-state index contributed by atoms with van der Waals surface area (Å²) >= 11 is 0. The molecule has 34 heavy (non-hydrogen) atoms. The molecule has 0 fully saturated rings. The molecule has 0 spiro atoms. The number of hydrogen-bond donors (Lipinski definition) is 2. The van der Waals surface area contributed by atoms with Crippen LogP contribution in [0.4, 0.5) is 5.69 Å². The first-order valence-electron chi connectivity index (χ1n) is 11.0. The Morgan fingerprint density at radius 3 is 2.53 bits per heavy atom. The Hall–Kier alpha value is -4.26. The van der Waals surface area contributed by atoms with Crippen LogP contribution in [-0.2, 0) is 4.79 Å². The molecule has 2 amide bonds. The number of H-pyrrole nitrogens is 1. The predicted molar refractivity (Wildman–Crippen MR) is 130 cm³/mol. The molecule has 172 valence electrons. The number of aromatic amines is 1. The molecule has 0 unspecified atom stereocenters. The number of hydrogen-bond acceptors (Lipinski definition) is 4. The molecular weight excluding hydrogens is 430 g/mol. The molecule has 0 aliphatic carbocycles. The molecule has 2 N–H and O–H groups in total. The summed E-state index contributed by atoms with van der Waals surface area (Å²) in [5.41, 5.74) is 3.60. The van der Waals surface area contributed by atoms with Crippen molar-refractivity contribution in [2.45, 2.75) is 12.0 Å². The van der Waals surface area contributed by atoms with Gasteiger partial charge in [0.1, 0.15) is 11.5 Å². The molecule has 7 heteroatoms. The van der Waals surface area contributed by atoms with E-state index >= 15 is 0 Å². The number of nitrogens with one attached hydrogen (secondary N) is 2. The van der Waals surface area contributed by atoms with Crippen LogP contribution in [0.15, 0.2) is 72.9 Å². The van der Waals surface area contributed by atoms with E-state index in [1.54, 1.807) is 50.4 Å². The van der Waals surface area contributed by atoms with Crippen LogP contribution in [0.1, 0.15) is 33.4 Å². The van der Waals surface area contributed by atoms with Crippen LogP contribution in [-0.4, -0.2) is 43.0 Å². The van der Waals surface area contributed by atoms with E-state index in [4.69, 9.17) is 9.47 Å². The van der Waals surface area contributed by atoms with E-state index in [0.29, 0.717) is 28.3 Å². The number of amides is 2.